The molecule has 2 rings (SSSR count). The highest BCUT2D eigenvalue weighted by molar-refractivity contribution is 4.94. The summed E-state index contributed by atoms with van der Waals surface area (Å²) in [5.41, 5.74) is 0.679. The van der Waals surface area contributed by atoms with E-state index in [-0.39, 0.29) is 0 Å². The normalized spacial score (nSPS) is 31.7. The van der Waals surface area contributed by atoms with Crippen LogP contribution < -0.4 is 5.32 Å². The molecule has 0 radical (unpaired) electrons. The zero-order valence-corrected chi connectivity index (χ0v) is 9.68. The Hall–Kier alpha value is -0.0800. The van der Waals surface area contributed by atoms with Crippen LogP contribution in [0.15, 0.2) is 0 Å². The van der Waals surface area contributed by atoms with E-state index >= 15 is 0 Å². The van der Waals surface area contributed by atoms with E-state index in [1.165, 1.54) is 51.9 Å². The molecule has 0 saturated carbocycles. The molecule has 2 aliphatic rings. The maximum Gasteiger partial charge on any atom is 0.0195 e. The molecule has 14 heavy (non-hydrogen) atoms. The van der Waals surface area contributed by atoms with Gasteiger partial charge < -0.3 is 10.2 Å². The Labute approximate surface area is 88.1 Å². The summed E-state index contributed by atoms with van der Waals surface area (Å²) in [5.74, 6) is 0. The van der Waals surface area contributed by atoms with E-state index in [1.807, 2.05) is 0 Å². The standard InChI is InChI=1S/C12H24N2/c1-3-12(4-2)9-14(10-12)8-11-6-5-7-13-11/h11,13H,3-10H2,1-2H3. The Balaban J connectivity index is 1.71. The van der Waals surface area contributed by atoms with E-state index in [4.69, 9.17) is 0 Å². The average molecular weight is 196 g/mol. The average Bonchev–Trinajstić information content (AvgIpc) is 2.63. The smallest absolute Gasteiger partial charge is 0.0195 e. The summed E-state index contributed by atoms with van der Waals surface area (Å²) < 4.78 is 0. The highest BCUT2D eigenvalue weighted by atomic mass is 15.2. The minimum absolute atomic E-state index is 0.679. The number of hydrogen-bond acceptors (Lipinski definition) is 2. The molecule has 82 valence electrons. The molecule has 1 N–H and O–H groups in total. The highest BCUT2D eigenvalue weighted by Crippen LogP contribution is 2.37. The van der Waals surface area contributed by atoms with Gasteiger partial charge in [0.2, 0.25) is 0 Å². The van der Waals surface area contributed by atoms with Gasteiger partial charge in [-0.2, -0.15) is 0 Å². The number of hydrogen-bond donors (Lipinski definition) is 1. The zero-order valence-electron chi connectivity index (χ0n) is 9.68. The van der Waals surface area contributed by atoms with Crippen LogP contribution in [-0.2, 0) is 0 Å². The summed E-state index contributed by atoms with van der Waals surface area (Å²) in [7, 11) is 0. The summed E-state index contributed by atoms with van der Waals surface area (Å²) >= 11 is 0. The predicted octanol–water partition coefficient (Wildman–Crippen LogP) is 1.86. The van der Waals surface area contributed by atoms with Gasteiger partial charge in [-0.3, -0.25) is 0 Å². The van der Waals surface area contributed by atoms with E-state index in [0.717, 1.165) is 6.04 Å². The molecule has 2 heteroatoms. The van der Waals surface area contributed by atoms with Crippen molar-refractivity contribution in [1.29, 1.82) is 0 Å². The van der Waals surface area contributed by atoms with Gasteiger partial charge >= 0.3 is 0 Å². The lowest BCUT2D eigenvalue weighted by molar-refractivity contribution is -0.0105. The van der Waals surface area contributed by atoms with E-state index < -0.39 is 0 Å². The Morgan fingerprint density at radius 2 is 2.00 bits per heavy atom. The van der Waals surface area contributed by atoms with Gasteiger partial charge in [0.25, 0.3) is 0 Å². The molecular formula is C12H24N2. The monoisotopic (exact) mass is 196 g/mol. The Bertz CT molecular complexity index is 170. The van der Waals surface area contributed by atoms with Crippen molar-refractivity contribution in [3.05, 3.63) is 0 Å². The molecule has 0 spiro atoms. The minimum Gasteiger partial charge on any atom is -0.313 e. The fourth-order valence-electron chi connectivity index (χ4n) is 2.95. The van der Waals surface area contributed by atoms with Crippen LogP contribution >= 0.6 is 0 Å². The number of nitrogens with zero attached hydrogens (tertiary/aromatic N) is 1. The van der Waals surface area contributed by atoms with Crippen LogP contribution in [0, 0.1) is 5.41 Å². The van der Waals surface area contributed by atoms with Crippen LogP contribution in [-0.4, -0.2) is 37.1 Å². The third-order valence-corrected chi connectivity index (χ3v) is 4.26. The Morgan fingerprint density at radius 3 is 2.50 bits per heavy atom. The van der Waals surface area contributed by atoms with Crippen molar-refractivity contribution in [1.82, 2.24) is 10.2 Å². The SMILES string of the molecule is CCC1(CC)CN(CC2CCCN2)C1. The van der Waals surface area contributed by atoms with Crippen LogP contribution in [0.5, 0.6) is 0 Å². The summed E-state index contributed by atoms with van der Waals surface area (Å²) in [6.07, 6.45) is 5.49. The molecule has 2 aliphatic heterocycles. The molecule has 1 unspecified atom stereocenters. The van der Waals surface area contributed by atoms with E-state index in [0.29, 0.717) is 5.41 Å². The topological polar surface area (TPSA) is 15.3 Å². The maximum atomic E-state index is 3.58. The molecule has 0 aliphatic carbocycles. The molecular weight excluding hydrogens is 172 g/mol. The van der Waals surface area contributed by atoms with Gasteiger partial charge in [0, 0.05) is 25.7 Å². The summed E-state index contributed by atoms with van der Waals surface area (Å²) in [6, 6.07) is 0.793. The second-order valence-corrected chi connectivity index (χ2v) is 5.17. The maximum absolute atomic E-state index is 3.58. The Kier molecular flexibility index (Phi) is 3.13. The molecule has 0 aromatic carbocycles. The van der Waals surface area contributed by atoms with Crippen LogP contribution in [0.2, 0.25) is 0 Å². The minimum atomic E-state index is 0.679. The summed E-state index contributed by atoms with van der Waals surface area (Å²) in [4.78, 5) is 2.63. The van der Waals surface area contributed by atoms with Crippen molar-refractivity contribution in [2.45, 2.75) is 45.6 Å². The van der Waals surface area contributed by atoms with Gasteiger partial charge in [-0.15, -0.1) is 0 Å². The quantitative estimate of drug-likeness (QED) is 0.738. The lowest BCUT2D eigenvalue weighted by Gasteiger charge is -2.50. The van der Waals surface area contributed by atoms with Crippen molar-refractivity contribution in [2.24, 2.45) is 5.41 Å². The van der Waals surface area contributed by atoms with Crippen molar-refractivity contribution in [3.63, 3.8) is 0 Å². The fraction of sp³-hybridized carbons (Fsp3) is 1.00. The largest absolute Gasteiger partial charge is 0.313 e. The van der Waals surface area contributed by atoms with Crippen molar-refractivity contribution < 1.29 is 0 Å². The molecule has 2 heterocycles. The Morgan fingerprint density at radius 1 is 1.29 bits per heavy atom. The first-order chi connectivity index (χ1) is 6.78. The number of likely N-dealkylation sites (tertiary alicyclic amines) is 1. The van der Waals surface area contributed by atoms with Crippen molar-refractivity contribution >= 4 is 0 Å². The second-order valence-electron chi connectivity index (χ2n) is 5.17. The molecule has 1 atom stereocenters. The molecule has 0 aromatic rings. The lowest BCUT2D eigenvalue weighted by atomic mass is 9.75. The molecule has 0 bridgehead atoms. The first-order valence-electron chi connectivity index (χ1n) is 6.24. The van der Waals surface area contributed by atoms with E-state index in [2.05, 4.69) is 24.1 Å². The van der Waals surface area contributed by atoms with Crippen molar-refractivity contribution in [2.75, 3.05) is 26.2 Å². The second kappa shape index (κ2) is 4.19. The number of rotatable bonds is 4. The molecule has 0 amide bonds. The third kappa shape index (κ3) is 1.96. The summed E-state index contributed by atoms with van der Waals surface area (Å²) in [5, 5.41) is 3.58. The molecule has 2 nitrogen and oxygen atoms in total. The van der Waals surface area contributed by atoms with E-state index in [1.54, 1.807) is 0 Å². The van der Waals surface area contributed by atoms with Crippen LogP contribution in [0.1, 0.15) is 39.5 Å². The predicted molar refractivity (Wildman–Crippen MR) is 60.5 cm³/mol. The fourth-order valence-corrected chi connectivity index (χ4v) is 2.95. The summed E-state index contributed by atoms with van der Waals surface area (Å²) in [6.45, 7) is 9.91. The van der Waals surface area contributed by atoms with E-state index in [9.17, 15) is 0 Å². The number of nitrogens with one attached hydrogen (secondary N) is 1. The lowest BCUT2D eigenvalue weighted by Crippen LogP contribution is -2.58. The van der Waals surface area contributed by atoms with Crippen LogP contribution in [0.25, 0.3) is 0 Å². The first kappa shape index (κ1) is 10.4. The van der Waals surface area contributed by atoms with Gasteiger partial charge in [0.05, 0.1) is 0 Å². The first-order valence-corrected chi connectivity index (χ1v) is 6.24. The van der Waals surface area contributed by atoms with Gasteiger partial charge in [0.15, 0.2) is 0 Å². The zero-order chi connectivity index (χ0) is 10.0. The van der Waals surface area contributed by atoms with Gasteiger partial charge in [-0.25, -0.2) is 0 Å². The van der Waals surface area contributed by atoms with Gasteiger partial charge in [-0.1, -0.05) is 13.8 Å². The van der Waals surface area contributed by atoms with Crippen LogP contribution in [0.3, 0.4) is 0 Å². The van der Waals surface area contributed by atoms with Crippen molar-refractivity contribution in [3.8, 4) is 0 Å². The van der Waals surface area contributed by atoms with Crippen LogP contribution in [0.4, 0.5) is 0 Å². The molecule has 2 saturated heterocycles. The highest BCUT2D eigenvalue weighted by Gasteiger charge is 2.40. The van der Waals surface area contributed by atoms with Gasteiger partial charge in [0.1, 0.15) is 0 Å². The molecule has 2 fully saturated rings. The van der Waals surface area contributed by atoms with Gasteiger partial charge in [-0.05, 0) is 37.6 Å². The molecule has 0 aromatic heterocycles. The third-order valence-electron chi connectivity index (χ3n) is 4.26.